The minimum absolute atomic E-state index is 0.0116. The molecule has 1 rings (SSSR count). The Morgan fingerprint density at radius 3 is 2.94 bits per heavy atom. The van der Waals surface area contributed by atoms with Crippen LogP contribution in [0.1, 0.15) is 37.9 Å². The molecule has 0 saturated heterocycles. The SMILES string of the molecule is Cc1noc(CCC(=O)NCCCC(C)CO)n1. The first kappa shape index (κ1) is 14.6. The number of nitrogens with one attached hydrogen (secondary N) is 1. The van der Waals surface area contributed by atoms with Gasteiger partial charge in [-0.1, -0.05) is 12.1 Å². The second-order valence-corrected chi connectivity index (χ2v) is 4.52. The lowest BCUT2D eigenvalue weighted by Gasteiger charge is -2.07. The van der Waals surface area contributed by atoms with Gasteiger partial charge in [0.05, 0.1) is 0 Å². The van der Waals surface area contributed by atoms with Gasteiger partial charge in [0.2, 0.25) is 11.8 Å². The highest BCUT2D eigenvalue weighted by Crippen LogP contribution is 2.03. The first-order valence-electron chi connectivity index (χ1n) is 6.28. The predicted octanol–water partition coefficient (Wildman–Crippen LogP) is 0.835. The molecule has 1 aromatic rings. The van der Waals surface area contributed by atoms with Crippen molar-refractivity contribution in [2.75, 3.05) is 13.2 Å². The Balaban J connectivity index is 2.07. The van der Waals surface area contributed by atoms with Gasteiger partial charge in [0, 0.05) is 26.0 Å². The van der Waals surface area contributed by atoms with Gasteiger partial charge in [-0.25, -0.2) is 0 Å². The molecule has 0 aromatic carbocycles. The molecule has 0 aliphatic rings. The first-order chi connectivity index (χ1) is 8.61. The fourth-order valence-electron chi connectivity index (χ4n) is 1.52. The van der Waals surface area contributed by atoms with E-state index in [1.807, 2.05) is 6.92 Å². The summed E-state index contributed by atoms with van der Waals surface area (Å²) in [6, 6.07) is 0. The summed E-state index contributed by atoms with van der Waals surface area (Å²) >= 11 is 0. The van der Waals surface area contributed by atoms with Crippen LogP contribution in [0.15, 0.2) is 4.52 Å². The van der Waals surface area contributed by atoms with E-state index in [0.29, 0.717) is 37.0 Å². The van der Waals surface area contributed by atoms with Gasteiger partial charge in [-0.05, 0) is 25.7 Å². The summed E-state index contributed by atoms with van der Waals surface area (Å²) in [5, 5.41) is 15.3. The normalized spacial score (nSPS) is 12.4. The molecular formula is C12H21N3O3. The monoisotopic (exact) mass is 255 g/mol. The Morgan fingerprint density at radius 1 is 1.56 bits per heavy atom. The average molecular weight is 255 g/mol. The topological polar surface area (TPSA) is 88.2 Å². The van der Waals surface area contributed by atoms with Crippen LogP contribution in [0.2, 0.25) is 0 Å². The molecule has 0 bridgehead atoms. The van der Waals surface area contributed by atoms with Gasteiger partial charge >= 0.3 is 0 Å². The number of amides is 1. The van der Waals surface area contributed by atoms with Crippen LogP contribution in [0.5, 0.6) is 0 Å². The molecule has 1 amide bonds. The van der Waals surface area contributed by atoms with Gasteiger partial charge in [-0.3, -0.25) is 4.79 Å². The maximum atomic E-state index is 11.5. The number of aliphatic hydroxyl groups is 1. The molecule has 1 aromatic heterocycles. The van der Waals surface area contributed by atoms with Gasteiger partial charge in [0.25, 0.3) is 0 Å². The molecule has 2 N–H and O–H groups in total. The minimum atomic E-state index is -0.0116. The Labute approximate surface area is 107 Å². The molecule has 0 radical (unpaired) electrons. The quantitative estimate of drug-likeness (QED) is 0.672. The van der Waals surface area contributed by atoms with Crippen LogP contribution >= 0.6 is 0 Å². The van der Waals surface area contributed by atoms with Crippen molar-refractivity contribution in [2.45, 2.75) is 39.5 Å². The molecule has 0 spiro atoms. The first-order valence-corrected chi connectivity index (χ1v) is 6.28. The Morgan fingerprint density at radius 2 is 2.33 bits per heavy atom. The lowest BCUT2D eigenvalue weighted by Crippen LogP contribution is -2.25. The lowest BCUT2D eigenvalue weighted by atomic mass is 10.1. The maximum absolute atomic E-state index is 11.5. The lowest BCUT2D eigenvalue weighted by molar-refractivity contribution is -0.121. The van der Waals surface area contributed by atoms with Crippen LogP contribution in [0.25, 0.3) is 0 Å². The van der Waals surface area contributed by atoms with E-state index in [1.165, 1.54) is 0 Å². The largest absolute Gasteiger partial charge is 0.396 e. The maximum Gasteiger partial charge on any atom is 0.227 e. The van der Waals surface area contributed by atoms with Crippen LogP contribution in [0.4, 0.5) is 0 Å². The van der Waals surface area contributed by atoms with Gasteiger partial charge < -0.3 is 14.9 Å². The van der Waals surface area contributed by atoms with E-state index >= 15 is 0 Å². The fourth-order valence-corrected chi connectivity index (χ4v) is 1.52. The summed E-state index contributed by atoms with van der Waals surface area (Å²) in [6.45, 7) is 4.58. The van der Waals surface area contributed by atoms with Crippen LogP contribution in [0, 0.1) is 12.8 Å². The van der Waals surface area contributed by atoms with E-state index in [1.54, 1.807) is 6.92 Å². The number of rotatable bonds is 8. The molecule has 0 saturated carbocycles. The van der Waals surface area contributed by atoms with E-state index in [2.05, 4.69) is 15.5 Å². The van der Waals surface area contributed by atoms with Crippen molar-refractivity contribution in [1.29, 1.82) is 0 Å². The van der Waals surface area contributed by atoms with Gasteiger partial charge in [0.15, 0.2) is 5.82 Å². The number of carbonyl (C=O) groups is 1. The Kier molecular flexibility index (Phi) is 6.35. The van der Waals surface area contributed by atoms with Crippen molar-refractivity contribution in [1.82, 2.24) is 15.5 Å². The Hall–Kier alpha value is -1.43. The molecule has 0 aliphatic carbocycles. The second-order valence-electron chi connectivity index (χ2n) is 4.52. The van der Waals surface area contributed by atoms with Gasteiger partial charge in [0.1, 0.15) is 0 Å². The molecule has 0 fully saturated rings. The highest BCUT2D eigenvalue weighted by Gasteiger charge is 2.07. The number of nitrogens with zero attached hydrogens (tertiary/aromatic N) is 2. The van der Waals surface area contributed by atoms with Crippen molar-refractivity contribution in [3.63, 3.8) is 0 Å². The van der Waals surface area contributed by atoms with E-state index in [9.17, 15) is 4.79 Å². The number of aryl methyl sites for hydroxylation is 2. The van der Waals surface area contributed by atoms with E-state index < -0.39 is 0 Å². The third-order valence-corrected chi connectivity index (χ3v) is 2.64. The summed E-state index contributed by atoms with van der Waals surface area (Å²) in [5.74, 6) is 1.37. The predicted molar refractivity (Wildman–Crippen MR) is 65.8 cm³/mol. The average Bonchev–Trinajstić information content (AvgIpc) is 2.77. The summed E-state index contributed by atoms with van der Waals surface area (Å²) in [6.07, 6.45) is 2.63. The van der Waals surface area contributed by atoms with E-state index in [0.717, 1.165) is 12.8 Å². The van der Waals surface area contributed by atoms with Gasteiger partial charge in [-0.2, -0.15) is 4.98 Å². The summed E-state index contributed by atoms with van der Waals surface area (Å²) in [5.41, 5.74) is 0. The second kappa shape index (κ2) is 7.81. The number of hydrogen-bond acceptors (Lipinski definition) is 5. The highest BCUT2D eigenvalue weighted by atomic mass is 16.5. The van der Waals surface area contributed by atoms with E-state index in [4.69, 9.17) is 9.63 Å². The summed E-state index contributed by atoms with van der Waals surface area (Å²) in [4.78, 5) is 15.5. The van der Waals surface area contributed by atoms with Crippen LogP contribution in [-0.2, 0) is 11.2 Å². The molecule has 1 heterocycles. The molecule has 6 nitrogen and oxygen atoms in total. The van der Waals surface area contributed by atoms with Crippen molar-refractivity contribution < 1.29 is 14.4 Å². The minimum Gasteiger partial charge on any atom is -0.396 e. The van der Waals surface area contributed by atoms with Crippen molar-refractivity contribution in [3.05, 3.63) is 11.7 Å². The number of carbonyl (C=O) groups excluding carboxylic acids is 1. The Bertz CT molecular complexity index is 365. The number of hydrogen-bond donors (Lipinski definition) is 2. The third kappa shape index (κ3) is 5.77. The molecule has 1 atom stereocenters. The summed E-state index contributed by atoms with van der Waals surface area (Å²) < 4.78 is 4.92. The van der Waals surface area contributed by atoms with E-state index in [-0.39, 0.29) is 12.5 Å². The fraction of sp³-hybridized carbons (Fsp3) is 0.750. The van der Waals surface area contributed by atoms with Crippen molar-refractivity contribution >= 4 is 5.91 Å². The standard InChI is InChI=1S/C12H21N3O3/c1-9(8-16)4-3-7-13-11(17)5-6-12-14-10(2)15-18-12/h9,16H,3-8H2,1-2H3,(H,13,17). The highest BCUT2D eigenvalue weighted by molar-refractivity contribution is 5.75. The summed E-state index contributed by atoms with van der Waals surface area (Å²) in [7, 11) is 0. The van der Waals surface area contributed by atoms with Gasteiger partial charge in [-0.15, -0.1) is 0 Å². The zero-order chi connectivity index (χ0) is 13.4. The van der Waals surface area contributed by atoms with Crippen LogP contribution < -0.4 is 5.32 Å². The van der Waals surface area contributed by atoms with Crippen LogP contribution in [0.3, 0.4) is 0 Å². The van der Waals surface area contributed by atoms with Crippen molar-refractivity contribution in [3.8, 4) is 0 Å². The number of aliphatic hydroxyl groups excluding tert-OH is 1. The molecule has 6 heteroatoms. The molecule has 102 valence electrons. The zero-order valence-electron chi connectivity index (χ0n) is 11.0. The van der Waals surface area contributed by atoms with Crippen molar-refractivity contribution in [2.24, 2.45) is 5.92 Å². The molecule has 0 aliphatic heterocycles. The number of aromatic nitrogens is 2. The molecule has 1 unspecified atom stereocenters. The third-order valence-electron chi connectivity index (χ3n) is 2.64. The van der Waals surface area contributed by atoms with Crippen LogP contribution in [-0.4, -0.2) is 34.3 Å². The smallest absolute Gasteiger partial charge is 0.227 e. The zero-order valence-corrected chi connectivity index (χ0v) is 11.0. The molecule has 18 heavy (non-hydrogen) atoms. The molecular weight excluding hydrogens is 234 g/mol.